The van der Waals surface area contributed by atoms with Crippen molar-refractivity contribution in [2.75, 3.05) is 18.0 Å². The Kier molecular flexibility index (Phi) is 3.14. The van der Waals surface area contributed by atoms with E-state index in [2.05, 4.69) is 10.1 Å². The molecular formula is C16H15FN4O2. The zero-order valence-electron chi connectivity index (χ0n) is 12.6. The molecule has 3 heterocycles. The summed E-state index contributed by atoms with van der Waals surface area (Å²) in [4.78, 5) is 18.0. The molecule has 1 aliphatic heterocycles. The van der Waals surface area contributed by atoms with Gasteiger partial charge in [0.2, 0.25) is 0 Å². The molecule has 1 aromatic carbocycles. The molecule has 0 N–H and O–H groups in total. The highest BCUT2D eigenvalue weighted by atomic mass is 19.1. The van der Waals surface area contributed by atoms with Crippen LogP contribution in [0.3, 0.4) is 0 Å². The summed E-state index contributed by atoms with van der Waals surface area (Å²) in [5, 5.41) is 4.24. The van der Waals surface area contributed by atoms with Crippen molar-refractivity contribution in [1.82, 2.24) is 14.8 Å². The molecule has 0 saturated carbocycles. The van der Waals surface area contributed by atoms with Gasteiger partial charge in [-0.1, -0.05) is 0 Å². The minimum atomic E-state index is -0.330. The Morgan fingerprint density at radius 1 is 1.30 bits per heavy atom. The maximum atomic E-state index is 13.2. The summed E-state index contributed by atoms with van der Waals surface area (Å²) in [5.41, 5.74) is 1.81. The summed E-state index contributed by atoms with van der Waals surface area (Å²) >= 11 is 0. The monoisotopic (exact) mass is 314 g/mol. The van der Waals surface area contributed by atoms with E-state index in [1.807, 2.05) is 11.8 Å². The predicted octanol–water partition coefficient (Wildman–Crippen LogP) is 1.97. The van der Waals surface area contributed by atoms with Crippen molar-refractivity contribution in [2.24, 2.45) is 5.92 Å². The summed E-state index contributed by atoms with van der Waals surface area (Å²) in [6.07, 6.45) is 0. The Balaban J connectivity index is 1.46. The minimum absolute atomic E-state index is 0.0913. The number of aromatic nitrogens is 3. The van der Waals surface area contributed by atoms with Gasteiger partial charge in [-0.2, -0.15) is 10.1 Å². The molecule has 1 saturated heterocycles. The van der Waals surface area contributed by atoms with Gasteiger partial charge < -0.3 is 9.32 Å². The lowest BCUT2D eigenvalue weighted by molar-refractivity contribution is 0.318. The molecule has 0 unspecified atom stereocenters. The lowest BCUT2D eigenvalue weighted by Crippen LogP contribution is -2.49. The molecule has 1 fully saturated rings. The summed E-state index contributed by atoms with van der Waals surface area (Å²) in [6, 6.07) is 8.03. The van der Waals surface area contributed by atoms with E-state index in [0.29, 0.717) is 29.6 Å². The van der Waals surface area contributed by atoms with Crippen molar-refractivity contribution in [3.8, 4) is 0 Å². The van der Waals surface area contributed by atoms with Crippen LogP contribution >= 0.6 is 0 Å². The van der Waals surface area contributed by atoms with Gasteiger partial charge >= 0.3 is 0 Å². The van der Waals surface area contributed by atoms with Gasteiger partial charge in [0.25, 0.3) is 11.6 Å². The molecule has 118 valence electrons. The number of fused-ring (bicyclic) bond motifs is 1. The van der Waals surface area contributed by atoms with Crippen LogP contribution < -0.4 is 10.5 Å². The topological polar surface area (TPSA) is 64.2 Å². The third-order valence-corrected chi connectivity index (χ3v) is 4.00. The molecule has 1 aliphatic rings. The summed E-state index contributed by atoms with van der Waals surface area (Å²) in [7, 11) is 0. The maximum Gasteiger partial charge on any atom is 0.298 e. The highest BCUT2D eigenvalue weighted by molar-refractivity contribution is 5.74. The van der Waals surface area contributed by atoms with Crippen LogP contribution in [0.5, 0.6) is 0 Å². The number of nitrogens with zero attached hydrogens (tertiary/aromatic N) is 4. The quantitative estimate of drug-likeness (QED) is 0.739. The highest BCUT2D eigenvalue weighted by Gasteiger charge is 2.31. The first-order valence-corrected chi connectivity index (χ1v) is 7.44. The fraction of sp³-hybridized carbons (Fsp3) is 0.312. The number of hydrogen-bond donors (Lipinski definition) is 0. The van der Waals surface area contributed by atoms with Crippen LogP contribution in [0.15, 0.2) is 39.5 Å². The summed E-state index contributed by atoms with van der Waals surface area (Å²) in [5.74, 6) is -0.0162. The van der Waals surface area contributed by atoms with Crippen LogP contribution in [-0.2, 0) is 6.54 Å². The molecule has 0 bridgehead atoms. The second-order valence-corrected chi connectivity index (χ2v) is 5.87. The first-order chi connectivity index (χ1) is 11.1. The predicted molar refractivity (Wildman–Crippen MR) is 82.9 cm³/mol. The van der Waals surface area contributed by atoms with Gasteiger partial charge in [0.15, 0.2) is 5.58 Å². The zero-order valence-corrected chi connectivity index (χ0v) is 12.6. The SMILES string of the molecule is Cc1ccc(=O)n(CC2CN(c3nc4cc(F)ccc4o3)C2)n1. The Bertz CT molecular complexity index is 927. The number of hydrogen-bond acceptors (Lipinski definition) is 5. The summed E-state index contributed by atoms with van der Waals surface area (Å²) in [6.45, 7) is 3.90. The molecule has 7 heteroatoms. The van der Waals surface area contributed by atoms with E-state index in [1.165, 1.54) is 22.9 Å². The van der Waals surface area contributed by atoms with E-state index < -0.39 is 0 Å². The van der Waals surface area contributed by atoms with Crippen molar-refractivity contribution >= 4 is 17.1 Å². The molecule has 0 aliphatic carbocycles. The van der Waals surface area contributed by atoms with Crippen LogP contribution in [0.2, 0.25) is 0 Å². The van der Waals surface area contributed by atoms with Gasteiger partial charge in [-0.15, -0.1) is 0 Å². The van der Waals surface area contributed by atoms with E-state index in [1.54, 1.807) is 12.1 Å². The number of benzene rings is 1. The van der Waals surface area contributed by atoms with Crippen molar-refractivity contribution in [2.45, 2.75) is 13.5 Å². The average molecular weight is 314 g/mol. The van der Waals surface area contributed by atoms with Gasteiger partial charge in [-0.3, -0.25) is 4.79 Å². The Morgan fingerprint density at radius 2 is 2.13 bits per heavy atom. The number of rotatable bonds is 3. The summed E-state index contributed by atoms with van der Waals surface area (Å²) < 4.78 is 20.3. The molecule has 0 amide bonds. The first-order valence-electron chi connectivity index (χ1n) is 7.44. The van der Waals surface area contributed by atoms with Crippen LogP contribution in [0.25, 0.3) is 11.1 Å². The Labute approximate surface area is 131 Å². The number of anilines is 1. The van der Waals surface area contributed by atoms with Crippen LogP contribution in [-0.4, -0.2) is 27.9 Å². The van der Waals surface area contributed by atoms with Gasteiger partial charge in [0.1, 0.15) is 11.3 Å². The molecule has 4 rings (SSSR count). The first kappa shape index (κ1) is 13.9. The van der Waals surface area contributed by atoms with Crippen molar-refractivity contribution < 1.29 is 8.81 Å². The number of halogens is 1. The molecular weight excluding hydrogens is 299 g/mol. The van der Waals surface area contributed by atoms with E-state index in [-0.39, 0.29) is 11.4 Å². The van der Waals surface area contributed by atoms with Gasteiger partial charge in [-0.05, 0) is 25.1 Å². The largest absolute Gasteiger partial charge is 0.423 e. The molecule has 0 atom stereocenters. The second-order valence-electron chi connectivity index (χ2n) is 5.87. The van der Waals surface area contributed by atoms with E-state index in [0.717, 1.165) is 18.8 Å². The van der Waals surface area contributed by atoms with Crippen molar-refractivity contribution in [3.63, 3.8) is 0 Å². The van der Waals surface area contributed by atoms with Crippen LogP contribution in [0, 0.1) is 18.7 Å². The second kappa shape index (κ2) is 5.19. The van der Waals surface area contributed by atoms with Gasteiger partial charge in [0.05, 0.1) is 12.2 Å². The van der Waals surface area contributed by atoms with Gasteiger partial charge in [-0.25, -0.2) is 9.07 Å². The fourth-order valence-corrected chi connectivity index (χ4v) is 2.79. The Morgan fingerprint density at radius 3 is 2.96 bits per heavy atom. The fourth-order valence-electron chi connectivity index (χ4n) is 2.79. The lowest BCUT2D eigenvalue weighted by Gasteiger charge is -2.37. The lowest BCUT2D eigenvalue weighted by atomic mass is 10.0. The highest BCUT2D eigenvalue weighted by Crippen LogP contribution is 2.28. The zero-order chi connectivity index (χ0) is 16.0. The standard InChI is InChI=1S/C16H15FN4O2/c1-10-2-5-15(22)21(19-10)9-11-7-20(8-11)16-18-13-6-12(17)3-4-14(13)23-16/h2-6,11H,7-9H2,1H3. The van der Waals surface area contributed by atoms with E-state index >= 15 is 0 Å². The van der Waals surface area contributed by atoms with E-state index in [4.69, 9.17) is 4.42 Å². The third-order valence-electron chi connectivity index (χ3n) is 4.00. The molecule has 3 aromatic rings. The number of oxazole rings is 1. The third kappa shape index (κ3) is 2.58. The van der Waals surface area contributed by atoms with Crippen LogP contribution in [0.4, 0.5) is 10.4 Å². The molecule has 0 radical (unpaired) electrons. The molecule has 23 heavy (non-hydrogen) atoms. The molecule has 6 nitrogen and oxygen atoms in total. The Hall–Kier alpha value is -2.70. The smallest absolute Gasteiger partial charge is 0.298 e. The minimum Gasteiger partial charge on any atom is -0.423 e. The normalized spacial score (nSPS) is 15.1. The van der Waals surface area contributed by atoms with Crippen molar-refractivity contribution in [1.29, 1.82) is 0 Å². The molecule has 2 aromatic heterocycles. The van der Waals surface area contributed by atoms with Gasteiger partial charge in [0, 0.05) is 31.1 Å². The number of aryl methyl sites for hydroxylation is 1. The van der Waals surface area contributed by atoms with Crippen molar-refractivity contribution in [3.05, 3.63) is 52.2 Å². The molecule has 0 spiro atoms. The maximum absolute atomic E-state index is 13.2. The van der Waals surface area contributed by atoms with E-state index in [9.17, 15) is 9.18 Å². The van der Waals surface area contributed by atoms with Crippen LogP contribution in [0.1, 0.15) is 5.69 Å². The average Bonchev–Trinajstić information content (AvgIpc) is 2.88.